The molecule has 4 rings (SSSR count). The van der Waals surface area contributed by atoms with Crippen molar-refractivity contribution < 1.29 is 14.3 Å². The van der Waals surface area contributed by atoms with Crippen LogP contribution in [0.5, 0.6) is 0 Å². The Labute approximate surface area is 120 Å². The van der Waals surface area contributed by atoms with Gasteiger partial charge in [-0.1, -0.05) is 6.58 Å². The molecule has 7 unspecified atom stereocenters. The van der Waals surface area contributed by atoms with Gasteiger partial charge in [0.25, 0.3) is 0 Å². The second-order valence-electron chi connectivity index (χ2n) is 7.16. The quantitative estimate of drug-likeness (QED) is 0.335. The maximum absolute atomic E-state index is 11.0. The third kappa shape index (κ3) is 1.86. The van der Waals surface area contributed by atoms with Gasteiger partial charge in [0.1, 0.15) is 6.61 Å². The number of carbonyl (C=O) groups is 1. The Hall–Kier alpha value is -0.830. The van der Waals surface area contributed by atoms with Crippen molar-refractivity contribution in [1.82, 2.24) is 0 Å². The predicted molar refractivity (Wildman–Crippen MR) is 74.9 cm³/mol. The van der Waals surface area contributed by atoms with Gasteiger partial charge >= 0.3 is 5.97 Å². The first-order chi connectivity index (χ1) is 9.78. The van der Waals surface area contributed by atoms with Crippen LogP contribution >= 0.6 is 0 Å². The van der Waals surface area contributed by atoms with Gasteiger partial charge in [0, 0.05) is 6.08 Å². The summed E-state index contributed by atoms with van der Waals surface area (Å²) in [5, 5.41) is 0. The molecule has 0 heterocycles. The van der Waals surface area contributed by atoms with E-state index in [0.717, 1.165) is 35.5 Å². The lowest BCUT2D eigenvalue weighted by molar-refractivity contribution is -0.140. The second kappa shape index (κ2) is 4.87. The van der Waals surface area contributed by atoms with Crippen LogP contribution in [0.25, 0.3) is 0 Å². The monoisotopic (exact) mass is 276 g/mol. The molecule has 4 bridgehead atoms. The van der Waals surface area contributed by atoms with Gasteiger partial charge in [0.05, 0.1) is 12.7 Å². The van der Waals surface area contributed by atoms with Crippen LogP contribution in [0.15, 0.2) is 12.7 Å². The van der Waals surface area contributed by atoms with E-state index in [2.05, 4.69) is 6.58 Å². The molecule has 3 nitrogen and oxygen atoms in total. The number of ether oxygens (including phenoxy) is 2. The van der Waals surface area contributed by atoms with Crippen molar-refractivity contribution >= 4 is 5.97 Å². The first kappa shape index (κ1) is 12.9. The Morgan fingerprint density at radius 3 is 2.65 bits per heavy atom. The van der Waals surface area contributed by atoms with E-state index in [0.29, 0.717) is 19.3 Å². The highest BCUT2D eigenvalue weighted by atomic mass is 16.6. The molecule has 0 aromatic carbocycles. The number of hydrogen-bond donors (Lipinski definition) is 0. The largest absolute Gasteiger partial charge is 0.460 e. The van der Waals surface area contributed by atoms with Gasteiger partial charge in [-0.25, -0.2) is 4.79 Å². The molecule has 0 aliphatic heterocycles. The van der Waals surface area contributed by atoms with Gasteiger partial charge in [-0.3, -0.25) is 0 Å². The zero-order chi connectivity index (χ0) is 13.7. The van der Waals surface area contributed by atoms with Crippen LogP contribution in [0, 0.1) is 35.5 Å². The molecule has 0 aromatic heterocycles. The Balaban J connectivity index is 1.30. The van der Waals surface area contributed by atoms with Crippen LogP contribution in [-0.4, -0.2) is 25.3 Å². The Bertz CT molecular complexity index is 418. The van der Waals surface area contributed by atoms with Crippen molar-refractivity contribution in [3.8, 4) is 0 Å². The third-order valence-electron chi connectivity index (χ3n) is 6.50. The van der Waals surface area contributed by atoms with Crippen LogP contribution in [0.1, 0.15) is 32.1 Å². The number of rotatable bonds is 5. The topological polar surface area (TPSA) is 35.5 Å². The van der Waals surface area contributed by atoms with Crippen LogP contribution < -0.4 is 0 Å². The lowest BCUT2D eigenvalue weighted by atomic mass is 9.70. The normalized spacial score (nSPS) is 47.5. The van der Waals surface area contributed by atoms with Crippen LogP contribution in [0.4, 0.5) is 0 Å². The molecule has 4 aliphatic rings. The number of carbonyl (C=O) groups excluding carboxylic acids is 1. The zero-order valence-corrected chi connectivity index (χ0v) is 12.0. The van der Waals surface area contributed by atoms with E-state index in [4.69, 9.17) is 9.47 Å². The zero-order valence-electron chi connectivity index (χ0n) is 12.0. The van der Waals surface area contributed by atoms with Crippen molar-refractivity contribution in [2.24, 2.45) is 35.5 Å². The fraction of sp³-hybridized carbons (Fsp3) is 0.824. The first-order valence-corrected chi connectivity index (χ1v) is 8.18. The van der Waals surface area contributed by atoms with Crippen LogP contribution in [0.3, 0.4) is 0 Å². The van der Waals surface area contributed by atoms with Crippen molar-refractivity contribution in [1.29, 1.82) is 0 Å². The number of fused-ring (bicyclic) bond motifs is 9. The minimum atomic E-state index is -0.352. The smallest absolute Gasteiger partial charge is 0.330 e. The number of hydrogen-bond acceptors (Lipinski definition) is 3. The Kier molecular flexibility index (Phi) is 3.13. The van der Waals surface area contributed by atoms with Crippen LogP contribution in [0.2, 0.25) is 0 Å². The summed E-state index contributed by atoms with van der Waals surface area (Å²) >= 11 is 0. The van der Waals surface area contributed by atoms with Crippen molar-refractivity contribution in [3.63, 3.8) is 0 Å². The summed E-state index contributed by atoms with van der Waals surface area (Å²) in [6.45, 7) is 4.29. The molecule has 0 N–H and O–H groups in total. The lowest BCUT2D eigenvalue weighted by Crippen LogP contribution is -2.36. The molecule has 0 saturated heterocycles. The maximum Gasteiger partial charge on any atom is 0.330 e. The molecular formula is C17H24O3. The Morgan fingerprint density at radius 1 is 1.05 bits per heavy atom. The maximum atomic E-state index is 11.0. The molecule has 0 aromatic rings. The first-order valence-electron chi connectivity index (χ1n) is 8.18. The van der Waals surface area contributed by atoms with E-state index >= 15 is 0 Å². The molecule has 4 saturated carbocycles. The molecule has 0 radical (unpaired) electrons. The van der Waals surface area contributed by atoms with Crippen LogP contribution in [-0.2, 0) is 14.3 Å². The van der Waals surface area contributed by atoms with E-state index in [1.54, 1.807) is 0 Å². The third-order valence-corrected chi connectivity index (χ3v) is 6.50. The molecule has 20 heavy (non-hydrogen) atoms. The molecule has 110 valence electrons. The summed E-state index contributed by atoms with van der Waals surface area (Å²) < 4.78 is 11.0. The average Bonchev–Trinajstić information content (AvgIpc) is 3.19. The summed E-state index contributed by atoms with van der Waals surface area (Å²) in [5.41, 5.74) is 0. The molecule has 3 heteroatoms. The fourth-order valence-electron chi connectivity index (χ4n) is 6.10. The standard InChI is InChI=1S/C17H24O3/c1-2-15(18)20-6-5-19-14-9-12-8-13(14)17-11-4-3-10(7-11)16(12)17/h2,10-14,16-17H,1,3-9H2. The highest BCUT2D eigenvalue weighted by Crippen LogP contribution is 2.67. The fourth-order valence-corrected chi connectivity index (χ4v) is 6.10. The predicted octanol–water partition coefficient (Wildman–Crippen LogP) is 2.80. The molecule has 0 spiro atoms. The van der Waals surface area contributed by atoms with Gasteiger partial charge in [0.15, 0.2) is 0 Å². The van der Waals surface area contributed by atoms with Gasteiger partial charge in [-0.05, 0) is 67.6 Å². The molecule has 0 amide bonds. The van der Waals surface area contributed by atoms with Gasteiger partial charge in [0.2, 0.25) is 0 Å². The molecule has 4 aliphatic carbocycles. The highest BCUT2D eigenvalue weighted by Gasteiger charge is 2.62. The van der Waals surface area contributed by atoms with Gasteiger partial charge < -0.3 is 9.47 Å². The SMILES string of the molecule is C=CC(=O)OCCOC1CC2CC1C1C3CCC(C3)C21. The van der Waals surface area contributed by atoms with Crippen molar-refractivity contribution in [2.45, 2.75) is 38.2 Å². The van der Waals surface area contributed by atoms with E-state index in [1.165, 1.54) is 38.2 Å². The summed E-state index contributed by atoms with van der Waals surface area (Å²) in [6, 6.07) is 0. The summed E-state index contributed by atoms with van der Waals surface area (Å²) in [7, 11) is 0. The molecular weight excluding hydrogens is 252 g/mol. The lowest BCUT2D eigenvalue weighted by Gasteiger charge is -2.38. The van der Waals surface area contributed by atoms with Gasteiger partial charge in [-0.15, -0.1) is 0 Å². The van der Waals surface area contributed by atoms with Gasteiger partial charge in [-0.2, -0.15) is 0 Å². The molecule has 4 fully saturated rings. The highest BCUT2D eigenvalue weighted by molar-refractivity contribution is 5.81. The van der Waals surface area contributed by atoms with E-state index in [9.17, 15) is 4.79 Å². The van der Waals surface area contributed by atoms with E-state index in [1.807, 2.05) is 0 Å². The van der Waals surface area contributed by atoms with Crippen molar-refractivity contribution in [2.75, 3.05) is 13.2 Å². The minimum absolute atomic E-state index is 0.352. The minimum Gasteiger partial charge on any atom is -0.460 e. The van der Waals surface area contributed by atoms with Crippen molar-refractivity contribution in [3.05, 3.63) is 12.7 Å². The summed E-state index contributed by atoms with van der Waals surface area (Å²) in [4.78, 5) is 11.0. The molecule has 7 atom stereocenters. The number of esters is 1. The summed E-state index contributed by atoms with van der Waals surface area (Å²) in [5.74, 6) is 5.44. The van der Waals surface area contributed by atoms with E-state index < -0.39 is 0 Å². The average molecular weight is 276 g/mol. The second-order valence-corrected chi connectivity index (χ2v) is 7.16. The Morgan fingerprint density at radius 2 is 1.85 bits per heavy atom. The summed E-state index contributed by atoms with van der Waals surface area (Å²) in [6.07, 6.45) is 8.77. The van der Waals surface area contributed by atoms with E-state index in [-0.39, 0.29) is 5.97 Å².